The van der Waals surface area contributed by atoms with Gasteiger partial charge >= 0.3 is 5.97 Å². The molecule has 0 aliphatic heterocycles. The highest BCUT2D eigenvalue weighted by Gasteiger charge is 2.07. The molecule has 0 radical (unpaired) electrons. The van der Waals surface area contributed by atoms with Gasteiger partial charge in [0.1, 0.15) is 19.3 Å². The molecular weight excluding hydrogens is 244 g/mol. The Hall–Kier alpha value is -1.31. The van der Waals surface area contributed by atoms with Gasteiger partial charge in [-0.15, -0.1) is 0 Å². The van der Waals surface area contributed by atoms with Crippen LogP contribution in [0.25, 0.3) is 0 Å². The van der Waals surface area contributed by atoms with Crippen molar-refractivity contribution in [1.29, 1.82) is 0 Å². The normalized spacial score (nSPS) is 9.94. The largest absolute Gasteiger partial charge is 0.464 e. The second-order valence-electron chi connectivity index (χ2n) is 3.15. The summed E-state index contributed by atoms with van der Waals surface area (Å²) in [5.74, 6) is -0.942. The number of carbonyl (C=O) groups is 3. The van der Waals surface area contributed by atoms with E-state index in [1.165, 1.54) is 20.8 Å². The summed E-state index contributed by atoms with van der Waals surface area (Å²) in [5.41, 5.74) is 0. The Bertz CT molecular complexity index is 222. The van der Waals surface area contributed by atoms with Crippen LogP contribution in [-0.4, -0.2) is 58.8 Å². The van der Waals surface area contributed by atoms with Crippen LogP contribution in [0.5, 0.6) is 0 Å². The first-order chi connectivity index (χ1) is 8.22. The van der Waals surface area contributed by atoms with E-state index in [1.807, 2.05) is 0 Å². The first-order valence-electron chi connectivity index (χ1n) is 5.28. The zero-order chi connectivity index (χ0) is 15.1. The Labute approximate surface area is 106 Å². The third kappa shape index (κ3) is 29.3. The fourth-order valence-corrected chi connectivity index (χ4v) is 0.263. The molecular formula is C11H22O7. The van der Waals surface area contributed by atoms with Crippen LogP contribution >= 0.6 is 0 Å². The molecule has 0 aromatic heterocycles. The first-order valence-corrected chi connectivity index (χ1v) is 5.28. The summed E-state index contributed by atoms with van der Waals surface area (Å²) >= 11 is 0. The van der Waals surface area contributed by atoms with Crippen molar-refractivity contribution < 1.29 is 34.4 Å². The zero-order valence-electron chi connectivity index (χ0n) is 11.2. The molecule has 0 aliphatic carbocycles. The standard InChI is InChI=1S/C5H10O3.2C3H6O2/c1-3-8-5(7)4(2)6;2*1-3(5)2-4/h4,6H,3H2,1-2H3;2*4H,2H2,1H3. The predicted octanol–water partition coefficient (Wildman–Crippen LogP) is -0.934. The van der Waals surface area contributed by atoms with Crippen LogP contribution in [0.2, 0.25) is 0 Å². The number of aliphatic hydroxyl groups excluding tert-OH is 3. The third-order valence-corrected chi connectivity index (χ3v) is 1.07. The summed E-state index contributed by atoms with van der Waals surface area (Å²) in [5, 5.41) is 24.1. The van der Waals surface area contributed by atoms with E-state index in [4.69, 9.17) is 15.3 Å². The molecule has 7 nitrogen and oxygen atoms in total. The molecule has 0 aromatic carbocycles. The zero-order valence-corrected chi connectivity index (χ0v) is 11.2. The number of carbonyl (C=O) groups excluding carboxylic acids is 3. The van der Waals surface area contributed by atoms with Crippen LogP contribution < -0.4 is 0 Å². The van der Waals surface area contributed by atoms with Gasteiger partial charge in [-0.1, -0.05) is 0 Å². The third-order valence-electron chi connectivity index (χ3n) is 1.07. The minimum atomic E-state index is -0.991. The van der Waals surface area contributed by atoms with E-state index in [0.717, 1.165) is 0 Å². The van der Waals surface area contributed by atoms with Crippen LogP contribution in [0, 0.1) is 0 Å². The van der Waals surface area contributed by atoms with Gasteiger partial charge < -0.3 is 20.1 Å². The van der Waals surface area contributed by atoms with E-state index in [-0.39, 0.29) is 24.8 Å². The molecule has 108 valence electrons. The quantitative estimate of drug-likeness (QED) is 0.562. The molecule has 0 rings (SSSR count). The molecule has 1 atom stereocenters. The van der Waals surface area contributed by atoms with Crippen molar-refractivity contribution in [2.45, 2.75) is 33.8 Å². The molecule has 0 spiro atoms. The minimum absolute atomic E-state index is 0.190. The van der Waals surface area contributed by atoms with Crippen LogP contribution in [0.3, 0.4) is 0 Å². The molecule has 0 saturated heterocycles. The summed E-state index contributed by atoms with van der Waals surface area (Å²) < 4.78 is 4.41. The molecule has 7 heteroatoms. The average molecular weight is 266 g/mol. The summed E-state index contributed by atoms with van der Waals surface area (Å²) in [7, 11) is 0. The predicted molar refractivity (Wildman–Crippen MR) is 63.8 cm³/mol. The maximum Gasteiger partial charge on any atom is 0.334 e. The van der Waals surface area contributed by atoms with Gasteiger partial charge in [0.25, 0.3) is 0 Å². The van der Waals surface area contributed by atoms with E-state index in [0.29, 0.717) is 6.61 Å². The summed E-state index contributed by atoms with van der Waals surface area (Å²) in [6.07, 6.45) is -0.991. The highest BCUT2D eigenvalue weighted by Crippen LogP contribution is 1.84. The van der Waals surface area contributed by atoms with E-state index in [2.05, 4.69) is 4.74 Å². The number of esters is 1. The molecule has 0 amide bonds. The van der Waals surface area contributed by atoms with Gasteiger partial charge in [0, 0.05) is 0 Å². The van der Waals surface area contributed by atoms with Crippen molar-refractivity contribution in [1.82, 2.24) is 0 Å². The Morgan fingerprint density at radius 2 is 1.33 bits per heavy atom. The van der Waals surface area contributed by atoms with Crippen molar-refractivity contribution >= 4 is 17.5 Å². The molecule has 18 heavy (non-hydrogen) atoms. The maximum atomic E-state index is 10.3. The number of ether oxygens (including phenoxy) is 1. The lowest BCUT2D eigenvalue weighted by molar-refractivity contribution is -0.151. The Balaban J connectivity index is -0.000000197. The van der Waals surface area contributed by atoms with Gasteiger partial charge in [0.15, 0.2) is 11.6 Å². The monoisotopic (exact) mass is 266 g/mol. The van der Waals surface area contributed by atoms with Gasteiger partial charge in [-0.3, -0.25) is 9.59 Å². The topological polar surface area (TPSA) is 121 Å². The molecule has 0 heterocycles. The van der Waals surface area contributed by atoms with Crippen LogP contribution in [-0.2, 0) is 19.1 Å². The summed E-state index contributed by atoms with van der Waals surface area (Å²) in [6.45, 7) is 5.39. The second kappa shape index (κ2) is 15.7. The smallest absolute Gasteiger partial charge is 0.334 e. The number of rotatable bonds is 4. The Morgan fingerprint density at radius 1 is 1.06 bits per heavy atom. The summed E-state index contributed by atoms with van der Waals surface area (Å²) in [6, 6.07) is 0. The number of aliphatic hydroxyl groups is 3. The van der Waals surface area contributed by atoms with Gasteiger partial charge in [-0.05, 0) is 27.7 Å². The summed E-state index contributed by atoms with van der Waals surface area (Å²) in [4.78, 5) is 29.4. The molecule has 0 aliphatic rings. The van der Waals surface area contributed by atoms with Crippen molar-refractivity contribution in [3.63, 3.8) is 0 Å². The lowest BCUT2D eigenvalue weighted by Gasteiger charge is -2.01. The molecule has 3 N–H and O–H groups in total. The molecule has 1 unspecified atom stereocenters. The number of ketones is 2. The lowest BCUT2D eigenvalue weighted by Crippen LogP contribution is -2.18. The Kier molecular flexibility index (Phi) is 19.1. The lowest BCUT2D eigenvalue weighted by atomic mass is 10.4. The van der Waals surface area contributed by atoms with Gasteiger partial charge in [0.2, 0.25) is 0 Å². The van der Waals surface area contributed by atoms with Crippen LogP contribution in [0.4, 0.5) is 0 Å². The maximum absolute atomic E-state index is 10.3. The molecule has 0 fully saturated rings. The van der Waals surface area contributed by atoms with Gasteiger partial charge in [-0.25, -0.2) is 4.79 Å². The van der Waals surface area contributed by atoms with Gasteiger partial charge in [-0.2, -0.15) is 0 Å². The van der Waals surface area contributed by atoms with Crippen molar-refractivity contribution in [3.8, 4) is 0 Å². The van der Waals surface area contributed by atoms with E-state index < -0.39 is 12.1 Å². The fraction of sp³-hybridized carbons (Fsp3) is 0.727. The van der Waals surface area contributed by atoms with E-state index >= 15 is 0 Å². The molecule has 0 aromatic rings. The number of hydrogen-bond donors (Lipinski definition) is 3. The minimum Gasteiger partial charge on any atom is -0.464 e. The SMILES string of the molecule is CC(=O)CO.CC(=O)CO.CCOC(=O)C(C)O. The fourth-order valence-electron chi connectivity index (χ4n) is 0.263. The first kappa shape index (κ1) is 21.9. The second-order valence-corrected chi connectivity index (χ2v) is 3.15. The molecule has 0 bridgehead atoms. The van der Waals surface area contributed by atoms with Crippen LogP contribution in [0.1, 0.15) is 27.7 Å². The highest BCUT2D eigenvalue weighted by molar-refractivity contribution is 5.76. The van der Waals surface area contributed by atoms with Crippen molar-refractivity contribution in [2.75, 3.05) is 19.8 Å². The van der Waals surface area contributed by atoms with Crippen molar-refractivity contribution in [2.24, 2.45) is 0 Å². The highest BCUT2D eigenvalue weighted by atomic mass is 16.5. The molecule has 0 saturated carbocycles. The average Bonchev–Trinajstić information content (AvgIpc) is 2.30. The van der Waals surface area contributed by atoms with Crippen molar-refractivity contribution in [3.05, 3.63) is 0 Å². The Morgan fingerprint density at radius 3 is 1.39 bits per heavy atom. The van der Waals surface area contributed by atoms with E-state index in [1.54, 1.807) is 6.92 Å². The van der Waals surface area contributed by atoms with Gasteiger partial charge in [0.05, 0.1) is 6.61 Å². The van der Waals surface area contributed by atoms with Crippen LogP contribution in [0.15, 0.2) is 0 Å². The van der Waals surface area contributed by atoms with E-state index in [9.17, 15) is 14.4 Å². The number of hydrogen-bond acceptors (Lipinski definition) is 7. The number of Topliss-reactive ketones (excluding diaryl/α,β-unsaturated/α-hetero) is 2.